The SMILES string of the molecule is O=C1COc2ccc(-c3csc(=Nc4ccccc4)n3CCCn3ccnc3)cc2N1. The van der Waals surface area contributed by atoms with Crippen molar-refractivity contribution in [3.05, 3.63) is 77.4 Å². The second-order valence-corrected chi connectivity index (χ2v) is 8.04. The molecule has 31 heavy (non-hydrogen) atoms. The van der Waals surface area contributed by atoms with Gasteiger partial charge in [-0.15, -0.1) is 11.3 Å². The van der Waals surface area contributed by atoms with Crippen LogP contribution in [0.3, 0.4) is 0 Å². The highest BCUT2D eigenvalue weighted by molar-refractivity contribution is 7.07. The zero-order chi connectivity index (χ0) is 21.0. The van der Waals surface area contributed by atoms with Gasteiger partial charge in [0.05, 0.1) is 23.4 Å². The molecule has 156 valence electrons. The molecule has 0 fully saturated rings. The highest BCUT2D eigenvalue weighted by atomic mass is 32.1. The summed E-state index contributed by atoms with van der Waals surface area (Å²) in [5.74, 6) is 0.558. The second-order valence-electron chi connectivity index (χ2n) is 7.20. The van der Waals surface area contributed by atoms with Gasteiger partial charge in [-0.2, -0.15) is 0 Å². The van der Waals surface area contributed by atoms with Gasteiger partial charge in [0, 0.05) is 36.4 Å². The van der Waals surface area contributed by atoms with Gasteiger partial charge in [0.25, 0.3) is 5.91 Å². The van der Waals surface area contributed by atoms with E-state index in [1.54, 1.807) is 17.5 Å². The van der Waals surface area contributed by atoms with Crippen LogP contribution in [0.25, 0.3) is 11.3 Å². The Kier molecular flexibility index (Phi) is 5.37. The normalized spacial score (nSPS) is 13.5. The number of fused-ring (bicyclic) bond motifs is 1. The molecule has 4 aromatic rings. The molecule has 0 spiro atoms. The number of aromatic nitrogens is 3. The van der Waals surface area contributed by atoms with Crippen molar-refractivity contribution in [1.29, 1.82) is 0 Å². The van der Waals surface area contributed by atoms with E-state index in [1.807, 2.05) is 61.1 Å². The van der Waals surface area contributed by atoms with Gasteiger partial charge in [-0.25, -0.2) is 9.98 Å². The average Bonchev–Trinajstić information content (AvgIpc) is 3.44. The zero-order valence-corrected chi connectivity index (χ0v) is 17.6. The predicted octanol–water partition coefficient (Wildman–Crippen LogP) is 4.07. The molecular weight excluding hydrogens is 410 g/mol. The van der Waals surface area contributed by atoms with Gasteiger partial charge < -0.3 is 19.2 Å². The Bertz CT molecular complexity index is 1260. The molecule has 2 aromatic heterocycles. The van der Waals surface area contributed by atoms with E-state index >= 15 is 0 Å². The van der Waals surface area contributed by atoms with E-state index < -0.39 is 0 Å². The molecular formula is C23H21N5O2S. The summed E-state index contributed by atoms with van der Waals surface area (Å²) < 4.78 is 9.82. The number of benzene rings is 2. The van der Waals surface area contributed by atoms with Crippen molar-refractivity contribution in [3.63, 3.8) is 0 Å². The Morgan fingerprint density at radius 2 is 2.06 bits per heavy atom. The van der Waals surface area contributed by atoms with Crippen LogP contribution in [-0.4, -0.2) is 26.6 Å². The van der Waals surface area contributed by atoms with Gasteiger partial charge in [0.1, 0.15) is 5.75 Å². The smallest absolute Gasteiger partial charge is 0.262 e. The number of hydrogen-bond donors (Lipinski definition) is 1. The van der Waals surface area contributed by atoms with Crippen molar-refractivity contribution in [2.45, 2.75) is 19.5 Å². The molecule has 0 saturated heterocycles. The number of imidazole rings is 1. The van der Waals surface area contributed by atoms with Crippen LogP contribution in [0.5, 0.6) is 5.75 Å². The Morgan fingerprint density at radius 3 is 2.90 bits per heavy atom. The molecule has 7 nitrogen and oxygen atoms in total. The van der Waals surface area contributed by atoms with Crippen molar-refractivity contribution in [2.24, 2.45) is 4.99 Å². The number of ether oxygens (including phenoxy) is 1. The number of rotatable bonds is 6. The number of hydrogen-bond acceptors (Lipinski definition) is 5. The van der Waals surface area contributed by atoms with Crippen LogP contribution < -0.4 is 14.9 Å². The molecule has 0 aliphatic carbocycles. The van der Waals surface area contributed by atoms with Gasteiger partial charge >= 0.3 is 0 Å². The fourth-order valence-corrected chi connectivity index (χ4v) is 4.51. The number of aryl methyl sites for hydroxylation is 1. The molecule has 3 heterocycles. The number of carbonyl (C=O) groups excluding carboxylic acids is 1. The lowest BCUT2D eigenvalue weighted by molar-refractivity contribution is -0.118. The van der Waals surface area contributed by atoms with Crippen LogP contribution in [0, 0.1) is 0 Å². The molecule has 0 radical (unpaired) electrons. The minimum atomic E-state index is -0.136. The first-order chi connectivity index (χ1) is 15.3. The average molecular weight is 432 g/mol. The van der Waals surface area contributed by atoms with Crippen molar-refractivity contribution >= 4 is 28.6 Å². The van der Waals surface area contributed by atoms with Gasteiger partial charge in [0.2, 0.25) is 0 Å². The van der Waals surface area contributed by atoms with Crippen LogP contribution in [0.2, 0.25) is 0 Å². The summed E-state index contributed by atoms with van der Waals surface area (Å²) in [6.07, 6.45) is 6.54. The van der Waals surface area contributed by atoms with Gasteiger partial charge in [-0.1, -0.05) is 18.2 Å². The highest BCUT2D eigenvalue weighted by Gasteiger charge is 2.17. The summed E-state index contributed by atoms with van der Waals surface area (Å²) >= 11 is 1.61. The maximum Gasteiger partial charge on any atom is 0.262 e. The van der Waals surface area contributed by atoms with E-state index in [0.29, 0.717) is 11.4 Å². The fraction of sp³-hybridized carbons (Fsp3) is 0.174. The van der Waals surface area contributed by atoms with Crippen LogP contribution >= 0.6 is 11.3 Å². The molecule has 8 heteroatoms. The molecule has 0 atom stereocenters. The Labute approximate surface area is 183 Å². The molecule has 1 N–H and O–H groups in total. The maximum absolute atomic E-state index is 11.7. The van der Waals surface area contributed by atoms with E-state index in [4.69, 9.17) is 9.73 Å². The number of para-hydroxylation sites is 1. The standard InChI is InChI=1S/C23H21N5O2S/c29-22-14-30-21-8-7-17(13-19(21)26-22)20-15-31-23(25-18-5-2-1-3-6-18)28(20)11-4-10-27-12-9-24-16-27/h1-3,5-9,12-13,15-16H,4,10-11,14H2,(H,26,29). The first-order valence-corrected chi connectivity index (χ1v) is 11.0. The quantitative estimate of drug-likeness (QED) is 0.500. The van der Waals surface area contributed by atoms with E-state index in [9.17, 15) is 4.79 Å². The summed E-state index contributed by atoms with van der Waals surface area (Å²) in [4.78, 5) is 21.7. The van der Waals surface area contributed by atoms with Crippen molar-refractivity contribution < 1.29 is 9.53 Å². The lowest BCUT2D eigenvalue weighted by Crippen LogP contribution is -2.25. The van der Waals surface area contributed by atoms with Crippen molar-refractivity contribution in [1.82, 2.24) is 14.1 Å². The minimum absolute atomic E-state index is 0.0547. The minimum Gasteiger partial charge on any atom is -0.482 e. The number of nitrogens with one attached hydrogen (secondary N) is 1. The number of anilines is 1. The number of carbonyl (C=O) groups is 1. The number of amides is 1. The van der Waals surface area contributed by atoms with Crippen molar-refractivity contribution in [2.75, 3.05) is 11.9 Å². The molecule has 2 aromatic carbocycles. The van der Waals surface area contributed by atoms with E-state index in [-0.39, 0.29) is 12.5 Å². The lowest BCUT2D eigenvalue weighted by Gasteiger charge is -2.19. The van der Waals surface area contributed by atoms with Crippen LogP contribution in [0.1, 0.15) is 6.42 Å². The third-order valence-corrected chi connectivity index (χ3v) is 5.91. The summed E-state index contributed by atoms with van der Waals surface area (Å²) in [6, 6.07) is 15.9. The van der Waals surface area contributed by atoms with E-state index in [1.165, 1.54) is 0 Å². The van der Waals surface area contributed by atoms with E-state index in [2.05, 4.69) is 24.8 Å². The first kappa shape index (κ1) is 19.3. The second kappa shape index (κ2) is 8.61. The first-order valence-electron chi connectivity index (χ1n) is 10.1. The molecule has 1 amide bonds. The Morgan fingerprint density at radius 1 is 1.16 bits per heavy atom. The highest BCUT2D eigenvalue weighted by Crippen LogP contribution is 2.33. The fourth-order valence-electron chi connectivity index (χ4n) is 3.55. The number of thiazole rings is 1. The third-order valence-electron chi connectivity index (χ3n) is 5.04. The van der Waals surface area contributed by atoms with Crippen LogP contribution in [0.4, 0.5) is 11.4 Å². The largest absolute Gasteiger partial charge is 0.482 e. The monoisotopic (exact) mass is 431 g/mol. The van der Waals surface area contributed by atoms with Gasteiger partial charge in [0.15, 0.2) is 11.4 Å². The zero-order valence-electron chi connectivity index (χ0n) is 16.8. The maximum atomic E-state index is 11.7. The Hall–Kier alpha value is -3.65. The molecule has 1 aliphatic rings. The molecule has 0 unspecified atom stereocenters. The molecule has 5 rings (SSSR count). The summed E-state index contributed by atoms with van der Waals surface area (Å²) in [5, 5.41) is 5.01. The predicted molar refractivity (Wildman–Crippen MR) is 120 cm³/mol. The Balaban J connectivity index is 1.51. The van der Waals surface area contributed by atoms with Crippen molar-refractivity contribution in [3.8, 4) is 17.0 Å². The summed E-state index contributed by atoms with van der Waals surface area (Å²) in [7, 11) is 0. The van der Waals surface area contributed by atoms with Crippen LogP contribution in [-0.2, 0) is 17.9 Å². The number of nitrogens with zero attached hydrogens (tertiary/aromatic N) is 4. The topological polar surface area (TPSA) is 73.4 Å². The molecule has 0 saturated carbocycles. The van der Waals surface area contributed by atoms with Gasteiger partial charge in [-0.3, -0.25) is 4.79 Å². The van der Waals surface area contributed by atoms with Crippen LogP contribution in [0.15, 0.2) is 77.6 Å². The van der Waals surface area contributed by atoms with E-state index in [0.717, 1.165) is 41.3 Å². The van der Waals surface area contributed by atoms with Gasteiger partial charge in [-0.05, 0) is 36.8 Å². The third kappa shape index (κ3) is 4.29. The molecule has 0 bridgehead atoms. The summed E-state index contributed by atoms with van der Waals surface area (Å²) in [6.45, 7) is 1.74. The molecule has 1 aliphatic heterocycles. The lowest BCUT2D eigenvalue weighted by atomic mass is 10.1. The summed E-state index contributed by atoms with van der Waals surface area (Å²) in [5.41, 5.74) is 3.70.